The Bertz CT molecular complexity index is 548. The van der Waals surface area contributed by atoms with Crippen LogP contribution in [0, 0.1) is 0 Å². The maximum absolute atomic E-state index is 9.50. The maximum Gasteiger partial charge on any atom is 0.223 e. The van der Waals surface area contributed by atoms with E-state index in [1.54, 1.807) is 11.3 Å². The predicted octanol–water partition coefficient (Wildman–Crippen LogP) is 1.99. The second kappa shape index (κ2) is 4.70. The van der Waals surface area contributed by atoms with Gasteiger partial charge in [0.25, 0.3) is 0 Å². The molecule has 2 aromatic heterocycles. The summed E-state index contributed by atoms with van der Waals surface area (Å²) in [7, 11) is 0. The zero-order valence-electron chi connectivity index (χ0n) is 9.97. The van der Waals surface area contributed by atoms with Gasteiger partial charge in [-0.1, -0.05) is 0 Å². The molecule has 2 aromatic rings. The molecule has 0 aromatic carbocycles. The van der Waals surface area contributed by atoms with Crippen LogP contribution >= 0.6 is 11.3 Å². The molecule has 0 unspecified atom stereocenters. The van der Waals surface area contributed by atoms with E-state index in [4.69, 9.17) is 5.73 Å². The lowest BCUT2D eigenvalue weighted by atomic mass is 9.93. The molecule has 0 aliphatic heterocycles. The summed E-state index contributed by atoms with van der Waals surface area (Å²) in [6.07, 6.45) is 3.50. The van der Waals surface area contributed by atoms with E-state index in [0.29, 0.717) is 12.0 Å². The number of aliphatic hydroxyl groups excluding tert-OH is 1. The van der Waals surface area contributed by atoms with Gasteiger partial charge in [0, 0.05) is 6.04 Å². The van der Waals surface area contributed by atoms with E-state index in [9.17, 15) is 5.11 Å². The Morgan fingerprint density at radius 3 is 2.83 bits per heavy atom. The van der Waals surface area contributed by atoms with E-state index in [2.05, 4.69) is 15.3 Å². The zero-order chi connectivity index (χ0) is 12.5. The average Bonchev–Trinajstić information content (AvgIpc) is 2.80. The number of aliphatic hydroxyl groups is 1. The predicted molar refractivity (Wildman–Crippen MR) is 73.7 cm³/mol. The molecule has 5 nitrogen and oxygen atoms in total. The third kappa shape index (κ3) is 2.26. The van der Waals surface area contributed by atoms with Gasteiger partial charge in [-0.05, 0) is 37.1 Å². The topological polar surface area (TPSA) is 84.1 Å². The van der Waals surface area contributed by atoms with E-state index in [1.165, 1.54) is 0 Å². The van der Waals surface area contributed by atoms with Gasteiger partial charge in [-0.2, -0.15) is 4.98 Å². The first kappa shape index (κ1) is 11.7. The van der Waals surface area contributed by atoms with Crippen LogP contribution in [0.1, 0.15) is 25.7 Å². The van der Waals surface area contributed by atoms with E-state index in [0.717, 1.165) is 41.7 Å². The largest absolute Gasteiger partial charge is 0.393 e. The smallest absolute Gasteiger partial charge is 0.223 e. The molecule has 96 valence electrons. The molecule has 1 saturated carbocycles. The van der Waals surface area contributed by atoms with Gasteiger partial charge in [-0.15, -0.1) is 11.3 Å². The van der Waals surface area contributed by atoms with Crippen LogP contribution in [0.2, 0.25) is 0 Å². The SMILES string of the molecule is Nc1nc(NC2CCC(O)CC2)c2ccsc2n1. The molecule has 1 fully saturated rings. The molecule has 1 aliphatic carbocycles. The number of aromatic nitrogens is 2. The summed E-state index contributed by atoms with van der Waals surface area (Å²) in [6, 6.07) is 2.38. The molecule has 0 spiro atoms. The van der Waals surface area contributed by atoms with Crippen molar-refractivity contribution in [1.82, 2.24) is 9.97 Å². The number of fused-ring (bicyclic) bond motifs is 1. The quantitative estimate of drug-likeness (QED) is 0.772. The molecule has 2 heterocycles. The Kier molecular flexibility index (Phi) is 3.05. The van der Waals surface area contributed by atoms with Crippen LogP contribution in [-0.2, 0) is 0 Å². The van der Waals surface area contributed by atoms with Crippen molar-refractivity contribution in [3.63, 3.8) is 0 Å². The number of anilines is 2. The van der Waals surface area contributed by atoms with Crippen molar-refractivity contribution in [2.24, 2.45) is 0 Å². The lowest BCUT2D eigenvalue weighted by molar-refractivity contribution is 0.126. The molecule has 6 heteroatoms. The summed E-state index contributed by atoms with van der Waals surface area (Å²) in [5.41, 5.74) is 5.72. The minimum Gasteiger partial charge on any atom is -0.393 e. The fourth-order valence-corrected chi connectivity index (χ4v) is 3.17. The standard InChI is InChI=1S/C12H16N4OS/c13-12-15-10(9-5-6-18-11(9)16-12)14-7-1-3-8(17)4-2-7/h5-8,17H,1-4H2,(H3,13,14,15,16). The van der Waals surface area contributed by atoms with Crippen LogP contribution in [0.3, 0.4) is 0 Å². The first-order valence-electron chi connectivity index (χ1n) is 6.17. The second-order valence-corrected chi connectivity index (χ2v) is 5.61. The lowest BCUT2D eigenvalue weighted by Gasteiger charge is -2.26. The summed E-state index contributed by atoms with van der Waals surface area (Å²) in [6.45, 7) is 0. The molecule has 0 saturated heterocycles. The fourth-order valence-electron chi connectivity index (χ4n) is 2.40. The number of hydrogen-bond acceptors (Lipinski definition) is 6. The third-order valence-corrected chi connectivity index (χ3v) is 4.19. The lowest BCUT2D eigenvalue weighted by Crippen LogP contribution is -2.28. The summed E-state index contributed by atoms with van der Waals surface area (Å²) >= 11 is 1.57. The Labute approximate surface area is 109 Å². The summed E-state index contributed by atoms with van der Waals surface area (Å²) in [5.74, 6) is 1.13. The average molecular weight is 264 g/mol. The van der Waals surface area contributed by atoms with Crippen molar-refractivity contribution in [3.05, 3.63) is 11.4 Å². The molecule has 4 N–H and O–H groups in total. The number of nitrogens with two attached hydrogens (primary N) is 1. The highest BCUT2D eigenvalue weighted by Crippen LogP contribution is 2.28. The summed E-state index contributed by atoms with van der Waals surface area (Å²) in [5, 5.41) is 16.0. The van der Waals surface area contributed by atoms with Crippen molar-refractivity contribution in [2.75, 3.05) is 11.1 Å². The Morgan fingerprint density at radius 2 is 2.06 bits per heavy atom. The zero-order valence-corrected chi connectivity index (χ0v) is 10.8. The molecular formula is C12H16N4OS. The monoisotopic (exact) mass is 264 g/mol. The minimum absolute atomic E-state index is 0.139. The Balaban J connectivity index is 1.83. The highest BCUT2D eigenvalue weighted by atomic mass is 32.1. The van der Waals surface area contributed by atoms with Crippen molar-refractivity contribution < 1.29 is 5.11 Å². The van der Waals surface area contributed by atoms with Gasteiger partial charge in [0.05, 0.1) is 11.5 Å². The van der Waals surface area contributed by atoms with Gasteiger partial charge in [0.2, 0.25) is 5.95 Å². The highest BCUT2D eigenvalue weighted by molar-refractivity contribution is 7.16. The van der Waals surface area contributed by atoms with E-state index >= 15 is 0 Å². The van der Waals surface area contributed by atoms with Crippen LogP contribution in [0.25, 0.3) is 10.2 Å². The fraction of sp³-hybridized carbons (Fsp3) is 0.500. The van der Waals surface area contributed by atoms with Gasteiger partial charge in [-0.25, -0.2) is 4.98 Å². The van der Waals surface area contributed by atoms with Crippen LogP contribution < -0.4 is 11.1 Å². The normalized spacial score (nSPS) is 24.3. The Morgan fingerprint density at radius 1 is 1.28 bits per heavy atom. The third-order valence-electron chi connectivity index (χ3n) is 3.38. The van der Waals surface area contributed by atoms with Gasteiger partial charge in [0.1, 0.15) is 10.6 Å². The van der Waals surface area contributed by atoms with E-state index < -0.39 is 0 Å². The molecule has 0 atom stereocenters. The van der Waals surface area contributed by atoms with Crippen LogP contribution in [0.5, 0.6) is 0 Å². The molecular weight excluding hydrogens is 248 g/mol. The first-order valence-corrected chi connectivity index (χ1v) is 7.05. The van der Waals surface area contributed by atoms with Crippen molar-refractivity contribution in [3.8, 4) is 0 Å². The van der Waals surface area contributed by atoms with Gasteiger partial charge >= 0.3 is 0 Å². The molecule has 18 heavy (non-hydrogen) atoms. The first-order chi connectivity index (χ1) is 8.72. The van der Waals surface area contributed by atoms with Crippen LogP contribution in [0.15, 0.2) is 11.4 Å². The molecule has 0 radical (unpaired) electrons. The van der Waals surface area contributed by atoms with Crippen molar-refractivity contribution in [2.45, 2.75) is 37.8 Å². The van der Waals surface area contributed by atoms with Crippen molar-refractivity contribution in [1.29, 1.82) is 0 Å². The summed E-state index contributed by atoms with van der Waals surface area (Å²) < 4.78 is 0. The minimum atomic E-state index is -0.139. The van der Waals surface area contributed by atoms with Crippen molar-refractivity contribution >= 4 is 33.3 Å². The van der Waals surface area contributed by atoms with Crippen LogP contribution in [-0.4, -0.2) is 27.2 Å². The van der Waals surface area contributed by atoms with Crippen LogP contribution in [0.4, 0.5) is 11.8 Å². The second-order valence-electron chi connectivity index (χ2n) is 4.72. The molecule has 3 rings (SSSR count). The number of thiophene rings is 1. The number of nitrogens with zero attached hydrogens (tertiary/aromatic N) is 2. The number of nitrogens with one attached hydrogen (secondary N) is 1. The number of rotatable bonds is 2. The van der Waals surface area contributed by atoms with Gasteiger partial charge < -0.3 is 16.2 Å². The molecule has 0 bridgehead atoms. The number of hydrogen-bond donors (Lipinski definition) is 3. The Hall–Kier alpha value is -1.40. The highest BCUT2D eigenvalue weighted by Gasteiger charge is 2.20. The number of nitrogen functional groups attached to an aromatic ring is 1. The molecule has 0 amide bonds. The maximum atomic E-state index is 9.50. The van der Waals surface area contributed by atoms with E-state index in [-0.39, 0.29) is 6.10 Å². The van der Waals surface area contributed by atoms with E-state index in [1.807, 2.05) is 11.4 Å². The molecule has 1 aliphatic rings. The summed E-state index contributed by atoms with van der Waals surface area (Å²) in [4.78, 5) is 9.41. The van der Waals surface area contributed by atoms with Gasteiger partial charge in [0.15, 0.2) is 0 Å². The van der Waals surface area contributed by atoms with Gasteiger partial charge in [-0.3, -0.25) is 0 Å².